The second-order valence-corrected chi connectivity index (χ2v) is 5.66. The van der Waals surface area contributed by atoms with E-state index in [1.165, 1.54) is 0 Å². The zero-order valence-electron chi connectivity index (χ0n) is 12.3. The first-order valence-electron chi connectivity index (χ1n) is 7.42. The van der Waals surface area contributed by atoms with E-state index in [9.17, 15) is 18.0 Å². The van der Waals surface area contributed by atoms with Crippen molar-refractivity contribution in [3.05, 3.63) is 39.7 Å². The number of H-pyrrole nitrogens is 1. The van der Waals surface area contributed by atoms with Gasteiger partial charge in [-0.2, -0.15) is 13.2 Å². The number of fused-ring (bicyclic) bond motifs is 2. The number of anilines is 1. The third kappa shape index (κ3) is 2.58. The Hall–Kier alpha value is -1.98. The second kappa shape index (κ2) is 5.34. The van der Waals surface area contributed by atoms with E-state index >= 15 is 0 Å². The van der Waals surface area contributed by atoms with Crippen LogP contribution in [0, 0.1) is 0 Å². The van der Waals surface area contributed by atoms with E-state index < -0.39 is 17.3 Å². The lowest BCUT2D eigenvalue weighted by molar-refractivity contribution is -0.136. The fourth-order valence-electron chi connectivity index (χ4n) is 3.15. The molecule has 22 heavy (non-hydrogen) atoms. The van der Waals surface area contributed by atoms with Crippen LogP contribution in [0.2, 0.25) is 0 Å². The summed E-state index contributed by atoms with van der Waals surface area (Å²) in [6, 6.07) is 3.92. The molecule has 0 bridgehead atoms. The van der Waals surface area contributed by atoms with Gasteiger partial charge in [-0.05, 0) is 37.0 Å². The molecule has 1 aliphatic rings. The minimum absolute atomic E-state index is 0.0638. The van der Waals surface area contributed by atoms with Gasteiger partial charge >= 0.3 is 6.18 Å². The summed E-state index contributed by atoms with van der Waals surface area (Å²) >= 11 is 0. The third-order valence-electron chi connectivity index (χ3n) is 4.06. The summed E-state index contributed by atoms with van der Waals surface area (Å²) in [5.74, 6) is 0. The summed E-state index contributed by atoms with van der Waals surface area (Å²) in [6.45, 7) is 3.73. The first-order valence-corrected chi connectivity index (χ1v) is 7.42. The zero-order valence-corrected chi connectivity index (χ0v) is 12.3. The van der Waals surface area contributed by atoms with Crippen LogP contribution in [0.3, 0.4) is 0 Å². The Bertz CT molecular complexity index is 764. The lowest BCUT2D eigenvalue weighted by Gasteiger charge is -2.31. The van der Waals surface area contributed by atoms with Crippen molar-refractivity contribution in [3.8, 4) is 0 Å². The van der Waals surface area contributed by atoms with Gasteiger partial charge in [-0.3, -0.25) is 4.79 Å². The number of benzene rings is 1. The average Bonchev–Trinajstić information content (AvgIpc) is 2.44. The summed E-state index contributed by atoms with van der Waals surface area (Å²) in [6.07, 6.45) is -1.80. The molecule has 0 amide bonds. The maximum atomic E-state index is 13.2. The average molecular weight is 310 g/mol. The number of aryl methyl sites for hydroxylation is 1. The highest BCUT2D eigenvalue weighted by molar-refractivity contribution is 5.88. The van der Waals surface area contributed by atoms with E-state index in [1.807, 2.05) is 6.92 Å². The Balaban J connectivity index is 2.27. The number of hydrogen-bond donors (Lipinski definition) is 1. The summed E-state index contributed by atoms with van der Waals surface area (Å²) in [5, 5.41) is 0.0638. The molecule has 0 spiro atoms. The Kier molecular flexibility index (Phi) is 3.62. The molecule has 0 fully saturated rings. The minimum atomic E-state index is -4.54. The topological polar surface area (TPSA) is 36.1 Å². The maximum absolute atomic E-state index is 13.2. The Morgan fingerprint density at radius 1 is 1.27 bits per heavy atom. The van der Waals surface area contributed by atoms with Crippen LogP contribution in [0.25, 0.3) is 10.9 Å². The fraction of sp³-hybridized carbons (Fsp3) is 0.438. The van der Waals surface area contributed by atoms with E-state index in [1.54, 1.807) is 12.1 Å². The highest BCUT2D eigenvalue weighted by atomic mass is 19.4. The van der Waals surface area contributed by atoms with Crippen molar-refractivity contribution in [3.63, 3.8) is 0 Å². The molecule has 0 atom stereocenters. The predicted octanol–water partition coefficient (Wildman–Crippen LogP) is 3.71. The number of rotatable bonds is 2. The fourth-order valence-corrected chi connectivity index (χ4v) is 3.15. The number of aromatic amines is 1. The van der Waals surface area contributed by atoms with Crippen molar-refractivity contribution in [1.82, 2.24) is 4.98 Å². The SMILES string of the molecule is CCCN1CCCc2cc3[nH]c(=O)cc(C(F)(F)F)c3cc21. The van der Waals surface area contributed by atoms with Crippen molar-refractivity contribution in [1.29, 1.82) is 0 Å². The monoisotopic (exact) mass is 310 g/mol. The molecule has 1 aromatic carbocycles. The van der Waals surface area contributed by atoms with Gasteiger partial charge in [0.05, 0.1) is 5.56 Å². The summed E-state index contributed by atoms with van der Waals surface area (Å²) in [4.78, 5) is 16.2. The number of hydrogen-bond acceptors (Lipinski definition) is 2. The molecule has 1 aliphatic heterocycles. The number of nitrogens with zero attached hydrogens (tertiary/aromatic N) is 1. The summed E-state index contributed by atoms with van der Waals surface area (Å²) < 4.78 is 39.6. The van der Waals surface area contributed by atoms with Crippen molar-refractivity contribution in [2.75, 3.05) is 18.0 Å². The van der Waals surface area contributed by atoms with E-state index in [2.05, 4.69) is 9.88 Å². The summed E-state index contributed by atoms with van der Waals surface area (Å²) in [5.41, 5.74) is 0.536. The second-order valence-electron chi connectivity index (χ2n) is 5.66. The highest BCUT2D eigenvalue weighted by Crippen LogP contribution is 2.37. The molecule has 0 radical (unpaired) electrons. The molecule has 2 heterocycles. The number of alkyl halides is 3. The summed E-state index contributed by atoms with van der Waals surface area (Å²) in [7, 11) is 0. The molecular weight excluding hydrogens is 293 g/mol. The Morgan fingerprint density at radius 3 is 2.73 bits per heavy atom. The minimum Gasteiger partial charge on any atom is -0.371 e. The van der Waals surface area contributed by atoms with Gasteiger partial charge in [0.2, 0.25) is 5.56 Å². The Morgan fingerprint density at radius 2 is 2.05 bits per heavy atom. The van der Waals surface area contributed by atoms with Crippen molar-refractivity contribution >= 4 is 16.6 Å². The molecule has 6 heteroatoms. The highest BCUT2D eigenvalue weighted by Gasteiger charge is 2.34. The van der Waals surface area contributed by atoms with Crippen LogP contribution in [0.1, 0.15) is 30.9 Å². The van der Waals surface area contributed by atoms with E-state index in [0.29, 0.717) is 6.07 Å². The van der Waals surface area contributed by atoms with Gasteiger partial charge in [0.15, 0.2) is 0 Å². The van der Waals surface area contributed by atoms with Crippen molar-refractivity contribution in [2.45, 2.75) is 32.4 Å². The molecule has 0 unspecified atom stereocenters. The largest absolute Gasteiger partial charge is 0.417 e. The Labute approximate surface area is 125 Å². The van der Waals surface area contributed by atoms with Crippen LogP contribution >= 0.6 is 0 Å². The number of pyridine rings is 1. The van der Waals surface area contributed by atoms with Gasteiger partial charge in [-0.1, -0.05) is 6.92 Å². The van der Waals surface area contributed by atoms with Gasteiger partial charge in [-0.15, -0.1) is 0 Å². The molecule has 0 saturated heterocycles. The molecule has 2 aromatic rings. The lowest BCUT2D eigenvalue weighted by atomic mass is 9.97. The zero-order chi connectivity index (χ0) is 15.9. The van der Waals surface area contributed by atoms with E-state index in [4.69, 9.17) is 0 Å². The smallest absolute Gasteiger partial charge is 0.371 e. The van der Waals surface area contributed by atoms with Crippen LogP contribution in [0.5, 0.6) is 0 Å². The molecular formula is C16H17F3N2O. The molecule has 0 saturated carbocycles. The van der Waals surface area contributed by atoms with Gasteiger partial charge < -0.3 is 9.88 Å². The normalized spacial score (nSPS) is 15.2. The molecule has 0 aliphatic carbocycles. The van der Waals surface area contributed by atoms with Crippen molar-refractivity contribution < 1.29 is 13.2 Å². The van der Waals surface area contributed by atoms with Gasteiger partial charge in [0, 0.05) is 35.7 Å². The third-order valence-corrected chi connectivity index (χ3v) is 4.06. The first-order chi connectivity index (χ1) is 10.4. The van der Waals surface area contributed by atoms with Crippen molar-refractivity contribution in [2.24, 2.45) is 0 Å². The van der Waals surface area contributed by atoms with E-state index in [0.717, 1.165) is 43.6 Å². The number of nitrogens with one attached hydrogen (secondary N) is 1. The van der Waals surface area contributed by atoms with Crippen LogP contribution in [0.15, 0.2) is 23.0 Å². The molecule has 118 valence electrons. The van der Waals surface area contributed by atoms with Crippen LogP contribution in [-0.4, -0.2) is 18.1 Å². The van der Waals surface area contributed by atoms with Gasteiger partial charge in [0.1, 0.15) is 0 Å². The number of aromatic nitrogens is 1. The van der Waals surface area contributed by atoms with Crippen LogP contribution in [0.4, 0.5) is 18.9 Å². The van der Waals surface area contributed by atoms with Crippen LogP contribution in [-0.2, 0) is 12.6 Å². The standard InChI is InChI=1S/C16H17F3N2O/c1-2-5-21-6-3-4-10-7-13-11(8-14(10)21)12(16(17,18)19)9-15(22)20-13/h7-9H,2-6H2,1H3,(H,20,22). The quantitative estimate of drug-likeness (QED) is 0.918. The number of halogens is 3. The molecule has 1 aromatic heterocycles. The molecule has 3 rings (SSSR count). The lowest BCUT2D eigenvalue weighted by Crippen LogP contribution is -2.30. The molecule has 3 nitrogen and oxygen atoms in total. The van der Waals surface area contributed by atoms with Gasteiger partial charge in [-0.25, -0.2) is 0 Å². The predicted molar refractivity (Wildman–Crippen MR) is 80.4 cm³/mol. The molecule has 1 N–H and O–H groups in total. The first kappa shape index (κ1) is 14.9. The van der Waals surface area contributed by atoms with Gasteiger partial charge in [0.25, 0.3) is 0 Å². The van der Waals surface area contributed by atoms with Crippen LogP contribution < -0.4 is 10.5 Å². The van der Waals surface area contributed by atoms with E-state index in [-0.39, 0.29) is 10.9 Å². The maximum Gasteiger partial charge on any atom is 0.417 e.